The van der Waals surface area contributed by atoms with Crippen LogP contribution in [0.5, 0.6) is 17.2 Å². The van der Waals surface area contributed by atoms with Gasteiger partial charge in [0.1, 0.15) is 17.2 Å². The van der Waals surface area contributed by atoms with Crippen molar-refractivity contribution in [2.45, 2.75) is 25.4 Å². The fourth-order valence-electron chi connectivity index (χ4n) is 3.26. The van der Waals surface area contributed by atoms with Gasteiger partial charge in [-0.2, -0.15) is 0 Å². The number of phenolic OH excluding ortho intramolecular Hbond substituents is 1. The van der Waals surface area contributed by atoms with Crippen molar-refractivity contribution in [2.75, 3.05) is 17.5 Å². The average molecular weight is 510 g/mol. The Hall–Kier alpha value is -1.36. The number of rotatable bonds is 7. The van der Waals surface area contributed by atoms with Crippen LogP contribution in [0.1, 0.15) is 24.8 Å². The molecule has 31 heavy (non-hydrogen) atoms. The summed E-state index contributed by atoms with van der Waals surface area (Å²) in [5, 5.41) is 11.9. The fourth-order valence-corrected chi connectivity index (χ4v) is 5.19. The van der Waals surface area contributed by atoms with E-state index in [9.17, 15) is 18.4 Å². The van der Waals surface area contributed by atoms with Gasteiger partial charge in [0, 0.05) is 19.2 Å². The third kappa shape index (κ3) is 6.34. The maximum atomic E-state index is 11.9. The second kappa shape index (κ2) is 10.1. The second-order valence-electron chi connectivity index (χ2n) is 6.97. The van der Waals surface area contributed by atoms with Crippen molar-refractivity contribution >= 4 is 47.8 Å². The Morgan fingerprint density at radius 3 is 2.29 bits per heavy atom. The third-order valence-electron chi connectivity index (χ3n) is 4.55. The number of hydrogen-bond acceptors (Lipinski definition) is 6. The van der Waals surface area contributed by atoms with Gasteiger partial charge in [-0.3, -0.25) is 8.77 Å². The molecule has 0 aliphatic carbocycles. The van der Waals surface area contributed by atoms with Gasteiger partial charge in [0.05, 0.1) is 27.5 Å². The highest BCUT2D eigenvalue weighted by atomic mass is 35.5. The predicted molar refractivity (Wildman–Crippen MR) is 117 cm³/mol. The van der Waals surface area contributed by atoms with Crippen LogP contribution in [-0.4, -0.2) is 41.8 Å². The molecule has 1 heterocycles. The molecule has 0 amide bonds. The molecule has 3 N–H and O–H groups in total. The van der Waals surface area contributed by atoms with Crippen molar-refractivity contribution in [2.24, 2.45) is 0 Å². The Balaban J connectivity index is 1.91. The summed E-state index contributed by atoms with van der Waals surface area (Å²) in [4.78, 5) is 18.3. The zero-order valence-corrected chi connectivity index (χ0v) is 19.3. The molecule has 13 heteroatoms. The van der Waals surface area contributed by atoms with Crippen molar-refractivity contribution < 1.29 is 33.0 Å². The SMILES string of the molecule is O=S([O-])N(c1cc(Oc2c(Cl)cc(CP(=O)(O)O)cc2Cl)ccc1O)N1CCCCC1. The molecule has 2 aromatic rings. The maximum Gasteiger partial charge on any atom is 0.329 e. The zero-order valence-electron chi connectivity index (χ0n) is 16.1. The van der Waals surface area contributed by atoms with Crippen molar-refractivity contribution in [3.05, 3.63) is 45.9 Å². The number of ether oxygens (including phenoxy) is 1. The normalized spacial score (nSPS) is 16.2. The number of anilines is 1. The molecule has 1 saturated heterocycles. The van der Waals surface area contributed by atoms with Crippen LogP contribution in [0, 0.1) is 0 Å². The Labute approximate surface area is 191 Å². The van der Waals surface area contributed by atoms with E-state index in [1.807, 2.05) is 0 Å². The van der Waals surface area contributed by atoms with E-state index in [0.717, 1.165) is 23.7 Å². The lowest BCUT2D eigenvalue weighted by atomic mass is 10.2. The van der Waals surface area contributed by atoms with Crippen LogP contribution in [0.3, 0.4) is 0 Å². The quantitative estimate of drug-likeness (QED) is 0.374. The molecule has 1 fully saturated rings. The minimum absolute atomic E-state index is 0.0121. The molecule has 1 unspecified atom stereocenters. The fraction of sp³-hybridized carbons (Fsp3) is 0.333. The lowest BCUT2D eigenvalue weighted by molar-refractivity contribution is 0.236. The molecule has 2 aromatic carbocycles. The molecule has 0 saturated carbocycles. The average Bonchev–Trinajstić information content (AvgIpc) is 2.66. The zero-order chi connectivity index (χ0) is 22.8. The van der Waals surface area contributed by atoms with Crippen LogP contribution in [0.2, 0.25) is 10.0 Å². The van der Waals surface area contributed by atoms with Gasteiger partial charge in [0.2, 0.25) is 0 Å². The molecule has 0 bridgehead atoms. The van der Waals surface area contributed by atoms with Crippen molar-refractivity contribution in [3.63, 3.8) is 0 Å². The van der Waals surface area contributed by atoms with E-state index in [4.69, 9.17) is 37.7 Å². The Morgan fingerprint density at radius 2 is 1.74 bits per heavy atom. The summed E-state index contributed by atoms with van der Waals surface area (Å²) in [6, 6.07) is 6.71. The molecule has 1 aliphatic heterocycles. The number of halogens is 2. The van der Waals surface area contributed by atoms with Crippen LogP contribution in [0.15, 0.2) is 30.3 Å². The van der Waals surface area contributed by atoms with Gasteiger partial charge in [-0.1, -0.05) is 29.6 Å². The number of hydrazine groups is 1. The molecule has 0 spiro atoms. The Morgan fingerprint density at radius 1 is 1.13 bits per heavy atom. The number of phenols is 1. The highest BCUT2D eigenvalue weighted by Crippen LogP contribution is 2.44. The van der Waals surface area contributed by atoms with Gasteiger partial charge in [0.25, 0.3) is 0 Å². The van der Waals surface area contributed by atoms with Crippen LogP contribution in [-0.2, 0) is 22.0 Å². The Bertz CT molecular complexity index is 1010. The molecule has 0 aromatic heterocycles. The predicted octanol–water partition coefficient (Wildman–Crippen LogP) is 4.17. The van der Waals surface area contributed by atoms with Gasteiger partial charge in [-0.25, -0.2) is 9.42 Å². The van der Waals surface area contributed by atoms with E-state index in [0.29, 0.717) is 13.1 Å². The summed E-state index contributed by atoms with van der Waals surface area (Å²) in [6.45, 7) is 1.05. The summed E-state index contributed by atoms with van der Waals surface area (Å²) >= 11 is 9.71. The smallest absolute Gasteiger partial charge is 0.329 e. The van der Waals surface area contributed by atoms with Crippen molar-refractivity contribution in [3.8, 4) is 17.2 Å². The monoisotopic (exact) mass is 509 g/mol. The van der Waals surface area contributed by atoms with Gasteiger partial charge in [0.15, 0.2) is 5.75 Å². The summed E-state index contributed by atoms with van der Waals surface area (Å²) in [6.07, 6.45) is 2.13. The Kier molecular flexibility index (Phi) is 7.88. The number of aromatic hydroxyl groups is 1. The van der Waals surface area contributed by atoms with Crippen LogP contribution >= 0.6 is 30.8 Å². The molecule has 3 rings (SSSR count). The highest BCUT2D eigenvalue weighted by Gasteiger charge is 2.24. The lowest BCUT2D eigenvalue weighted by Gasteiger charge is -2.39. The van der Waals surface area contributed by atoms with Gasteiger partial charge < -0.3 is 24.2 Å². The molecular weight excluding hydrogens is 490 g/mol. The van der Waals surface area contributed by atoms with Crippen LogP contribution < -0.4 is 9.15 Å². The van der Waals surface area contributed by atoms with E-state index in [1.54, 1.807) is 5.01 Å². The first-order valence-corrected chi connectivity index (χ1v) is 12.8. The highest BCUT2D eigenvalue weighted by molar-refractivity contribution is 7.80. The second-order valence-corrected chi connectivity index (χ2v) is 10.2. The molecular formula is C18H20Cl2N2O7PS-. The number of benzene rings is 2. The number of piperidine rings is 1. The van der Waals surface area contributed by atoms with E-state index < -0.39 is 25.0 Å². The minimum atomic E-state index is -4.31. The summed E-state index contributed by atoms with van der Waals surface area (Å²) in [5.74, 6) is -0.0645. The first kappa shape index (κ1) is 24.3. The van der Waals surface area contributed by atoms with Gasteiger partial charge >= 0.3 is 7.60 Å². The third-order valence-corrected chi connectivity index (χ3v) is 6.60. The molecule has 9 nitrogen and oxygen atoms in total. The molecule has 1 aliphatic rings. The topological polar surface area (TPSA) is 134 Å². The lowest BCUT2D eigenvalue weighted by Crippen LogP contribution is -2.46. The summed E-state index contributed by atoms with van der Waals surface area (Å²) < 4.78 is 41.7. The molecule has 0 radical (unpaired) electrons. The first-order chi connectivity index (χ1) is 14.5. The molecule has 1 atom stereocenters. The number of hydrogen-bond donors (Lipinski definition) is 3. The van der Waals surface area contributed by atoms with Crippen LogP contribution in [0.4, 0.5) is 5.69 Å². The standard InChI is InChI=1S/C18H21Cl2N2O7PS/c19-14-8-12(11-30(24,25)26)9-15(20)18(14)29-13-4-5-17(23)16(10-13)22(31(27)28)21-6-2-1-3-7-21/h4-5,8-10,23H,1-3,6-7,11H2,(H,27,28)(H2,24,25,26)/p-1. The van der Waals surface area contributed by atoms with E-state index in [2.05, 4.69) is 0 Å². The minimum Gasteiger partial charge on any atom is -0.754 e. The van der Waals surface area contributed by atoms with Crippen molar-refractivity contribution in [1.29, 1.82) is 0 Å². The van der Waals surface area contributed by atoms with E-state index >= 15 is 0 Å². The van der Waals surface area contributed by atoms with E-state index in [1.165, 1.54) is 30.3 Å². The van der Waals surface area contributed by atoms with E-state index in [-0.39, 0.29) is 38.5 Å². The maximum absolute atomic E-state index is 11.9. The van der Waals surface area contributed by atoms with Crippen LogP contribution in [0.25, 0.3) is 0 Å². The van der Waals surface area contributed by atoms with Crippen molar-refractivity contribution in [1.82, 2.24) is 5.01 Å². The largest absolute Gasteiger partial charge is 0.754 e. The summed E-state index contributed by atoms with van der Waals surface area (Å²) in [7, 11) is -4.31. The van der Waals surface area contributed by atoms with Gasteiger partial charge in [-0.05, 0) is 42.7 Å². The van der Waals surface area contributed by atoms with Gasteiger partial charge in [-0.15, -0.1) is 0 Å². The first-order valence-electron chi connectivity index (χ1n) is 9.23. The number of nitrogens with zero attached hydrogens (tertiary/aromatic N) is 2. The molecule has 170 valence electrons. The summed E-state index contributed by atoms with van der Waals surface area (Å²) in [5.41, 5.74) is 0.248.